The van der Waals surface area contributed by atoms with E-state index in [2.05, 4.69) is 26.8 Å². The largest absolute Gasteiger partial charge is 0.480 e. The third kappa shape index (κ3) is 13.7. The van der Waals surface area contributed by atoms with Crippen LogP contribution in [-0.4, -0.2) is 72.0 Å². The number of carbonyl (C=O) groups excluding carboxylic acids is 4. The average molecular weight is 802 g/mol. The number of hydrogen-bond donors (Lipinski definition) is 8. The van der Waals surface area contributed by atoms with Gasteiger partial charge >= 0.3 is 5.97 Å². The highest BCUT2D eigenvalue weighted by molar-refractivity contribution is 5.95. The van der Waals surface area contributed by atoms with Crippen LogP contribution >= 0.6 is 0 Å². The lowest BCUT2D eigenvalue weighted by molar-refractivity contribution is -0.142. The average Bonchev–Trinajstić information content (AvgIpc) is 3.24. The Morgan fingerprint density at radius 1 is 0.492 bits per heavy atom. The number of nitrogens with two attached hydrogens (primary N) is 2. The Balaban J connectivity index is 1.44. The molecule has 0 fully saturated rings. The maximum absolute atomic E-state index is 14.6. The Morgan fingerprint density at radius 3 is 1.47 bits per heavy atom. The molecule has 13 heteroatoms. The van der Waals surface area contributed by atoms with Crippen LogP contribution in [0.2, 0.25) is 0 Å². The molecule has 13 nitrogen and oxygen atoms in total. The lowest BCUT2D eigenvalue weighted by Gasteiger charge is -2.27. The van der Waals surface area contributed by atoms with Gasteiger partial charge in [-0.1, -0.05) is 115 Å². The Kier molecular flexibility index (Phi) is 16.9. The van der Waals surface area contributed by atoms with E-state index in [9.17, 15) is 29.1 Å². The van der Waals surface area contributed by atoms with E-state index in [0.29, 0.717) is 38.8 Å². The van der Waals surface area contributed by atoms with E-state index in [4.69, 9.17) is 11.5 Å². The van der Waals surface area contributed by atoms with E-state index in [0.717, 1.165) is 38.2 Å². The number of carboxylic acid groups (broad SMARTS) is 1. The second kappa shape index (κ2) is 22.7. The van der Waals surface area contributed by atoms with Crippen molar-refractivity contribution in [3.05, 3.63) is 132 Å². The van der Waals surface area contributed by atoms with Gasteiger partial charge in [0.25, 0.3) is 0 Å². The Labute approximate surface area is 344 Å². The van der Waals surface area contributed by atoms with Gasteiger partial charge in [0.2, 0.25) is 23.6 Å². The number of aliphatic carboxylic acids is 1. The Hall–Kier alpha value is -6.15. The van der Waals surface area contributed by atoms with Crippen LogP contribution in [0.3, 0.4) is 0 Å². The molecule has 0 radical (unpaired) electrons. The summed E-state index contributed by atoms with van der Waals surface area (Å²) in [5.74, 6) is -3.38. The number of hydrogen-bond acceptors (Lipinski definition) is 8. The molecule has 0 aliphatic rings. The van der Waals surface area contributed by atoms with Gasteiger partial charge in [-0.2, -0.15) is 0 Å². The molecule has 310 valence electrons. The summed E-state index contributed by atoms with van der Waals surface area (Å²) < 4.78 is 0. The smallest absolute Gasteiger partial charge is 0.326 e. The SMILES string of the molecule is NCCCCC(=O)NN[C@H](Cc1ccccc1)C(=O)N[C@@H](Cc1ccc2ccccc2c1)C(=O)N[C@@H](Cc1ccc2ccccc2c1)C(=O)N[C@@H](CCCCN)C(=O)O. The van der Waals surface area contributed by atoms with Crippen LogP contribution in [0.15, 0.2) is 115 Å². The maximum atomic E-state index is 14.6. The van der Waals surface area contributed by atoms with Crippen LogP contribution in [0.4, 0.5) is 0 Å². The number of unbranched alkanes of at least 4 members (excludes halogenated alkanes) is 2. The predicted molar refractivity (Wildman–Crippen MR) is 230 cm³/mol. The first-order valence-corrected chi connectivity index (χ1v) is 20.2. The summed E-state index contributed by atoms with van der Waals surface area (Å²) in [6.45, 7) is 0.842. The first-order chi connectivity index (χ1) is 28.6. The molecule has 0 heterocycles. The van der Waals surface area contributed by atoms with Crippen LogP contribution in [0.1, 0.15) is 55.2 Å². The zero-order chi connectivity index (χ0) is 42.0. The van der Waals surface area contributed by atoms with Crippen molar-refractivity contribution in [2.45, 2.75) is 82.0 Å². The summed E-state index contributed by atoms with van der Waals surface area (Å²) >= 11 is 0. The standard InChI is InChI=1S/C46H55N7O6/c47-24-10-8-18-38(46(58)59)49-43(55)39(29-32-20-22-34-14-4-6-16-36(34)26-32)50-44(56)40(30-33-21-23-35-15-5-7-17-37(35)27-33)51-45(57)41(28-31-12-2-1-3-13-31)52-53-42(54)19-9-11-25-48/h1-7,12-17,20-23,26-27,38-41,52H,8-11,18-19,24-25,28-30,47-48H2,(H,49,55)(H,50,56)(H,51,57)(H,53,54)(H,58,59)/t38-,39-,40-,41+/m0/s1. The summed E-state index contributed by atoms with van der Waals surface area (Å²) in [6.07, 6.45) is 3.01. The fourth-order valence-electron chi connectivity index (χ4n) is 6.91. The summed E-state index contributed by atoms with van der Waals surface area (Å²) in [4.78, 5) is 67.8. The molecular weight excluding hydrogens is 747 g/mol. The molecule has 0 aliphatic heterocycles. The second-order valence-electron chi connectivity index (χ2n) is 14.8. The van der Waals surface area contributed by atoms with Gasteiger partial charge in [0.1, 0.15) is 24.2 Å². The Bertz CT molecular complexity index is 2180. The van der Waals surface area contributed by atoms with Gasteiger partial charge in [0.05, 0.1) is 0 Å². The topological polar surface area (TPSA) is 218 Å². The van der Waals surface area contributed by atoms with Crippen molar-refractivity contribution in [2.75, 3.05) is 13.1 Å². The molecule has 0 aromatic heterocycles. The molecule has 0 unspecified atom stereocenters. The lowest BCUT2D eigenvalue weighted by atomic mass is 9.98. The Morgan fingerprint density at radius 2 is 0.949 bits per heavy atom. The van der Waals surface area contributed by atoms with Gasteiger partial charge in [0, 0.05) is 19.3 Å². The number of fused-ring (bicyclic) bond motifs is 2. The normalized spacial score (nSPS) is 13.2. The number of carbonyl (C=O) groups is 5. The molecule has 5 rings (SSSR count). The lowest BCUT2D eigenvalue weighted by Crippen LogP contribution is -2.59. The van der Waals surface area contributed by atoms with E-state index in [1.807, 2.05) is 115 Å². The number of benzene rings is 5. The minimum atomic E-state index is -1.21. The van der Waals surface area contributed by atoms with E-state index < -0.39 is 47.9 Å². The maximum Gasteiger partial charge on any atom is 0.326 e. The molecule has 0 aliphatic carbocycles. The first-order valence-electron chi connectivity index (χ1n) is 20.2. The highest BCUT2D eigenvalue weighted by Gasteiger charge is 2.32. The summed E-state index contributed by atoms with van der Waals surface area (Å²) in [6, 6.07) is 31.7. The monoisotopic (exact) mass is 801 g/mol. The number of nitrogens with one attached hydrogen (secondary N) is 5. The van der Waals surface area contributed by atoms with Crippen molar-refractivity contribution in [2.24, 2.45) is 11.5 Å². The zero-order valence-electron chi connectivity index (χ0n) is 33.2. The van der Waals surface area contributed by atoms with Crippen LogP contribution in [-0.2, 0) is 43.2 Å². The molecule has 4 atom stereocenters. The molecule has 0 saturated heterocycles. The quantitative estimate of drug-likeness (QED) is 0.0356. The van der Waals surface area contributed by atoms with E-state index in [1.54, 1.807) is 0 Å². The van der Waals surface area contributed by atoms with Crippen molar-refractivity contribution in [3.63, 3.8) is 0 Å². The highest BCUT2D eigenvalue weighted by Crippen LogP contribution is 2.19. The number of amides is 4. The van der Waals surface area contributed by atoms with Gasteiger partial charge in [-0.15, -0.1) is 0 Å². The fourth-order valence-corrected chi connectivity index (χ4v) is 6.91. The molecule has 0 saturated carbocycles. The van der Waals surface area contributed by atoms with Crippen molar-refractivity contribution < 1.29 is 29.1 Å². The number of rotatable bonds is 23. The first kappa shape index (κ1) is 44.0. The summed E-state index contributed by atoms with van der Waals surface area (Å²) in [7, 11) is 0. The van der Waals surface area contributed by atoms with Crippen molar-refractivity contribution in [3.8, 4) is 0 Å². The van der Waals surface area contributed by atoms with Crippen molar-refractivity contribution >= 4 is 51.1 Å². The fraction of sp³-hybridized carbons (Fsp3) is 0.326. The van der Waals surface area contributed by atoms with Crippen LogP contribution in [0, 0.1) is 0 Å². The van der Waals surface area contributed by atoms with E-state index in [-0.39, 0.29) is 38.0 Å². The molecule has 59 heavy (non-hydrogen) atoms. The molecule has 5 aromatic carbocycles. The summed E-state index contributed by atoms with van der Waals surface area (Å²) in [5, 5.41) is 22.3. The predicted octanol–water partition coefficient (Wildman–Crippen LogP) is 3.81. The van der Waals surface area contributed by atoms with Gasteiger partial charge in [-0.3, -0.25) is 24.6 Å². The molecule has 5 aromatic rings. The number of carboxylic acids is 1. The van der Waals surface area contributed by atoms with Crippen LogP contribution in [0.25, 0.3) is 21.5 Å². The van der Waals surface area contributed by atoms with Gasteiger partial charge in [-0.05, 0) is 89.8 Å². The van der Waals surface area contributed by atoms with E-state index in [1.165, 1.54) is 0 Å². The van der Waals surface area contributed by atoms with Crippen LogP contribution < -0.4 is 38.3 Å². The molecule has 10 N–H and O–H groups in total. The number of hydrazine groups is 1. The van der Waals surface area contributed by atoms with Crippen molar-refractivity contribution in [1.82, 2.24) is 26.8 Å². The minimum Gasteiger partial charge on any atom is -0.480 e. The van der Waals surface area contributed by atoms with Crippen molar-refractivity contribution in [1.29, 1.82) is 0 Å². The molecule has 0 spiro atoms. The third-order valence-electron chi connectivity index (χ3n) is 10.2. The third-order valence-corrected chi connectivity index (χ3v) is 10.2. The molecule has 0 bridgehead atoms. The zero-order valence-corrected chi connectivity index (χ0v) is 33.2. The van der Waals surface area contributed by atoms with Gasteiger partial charge in [0.15, 0.2) is 0 Å². The minimum absolute atomic E-state index is 0.0442. The molecular formula is C46H55N7O6. The van der Waals surface area contributed by atoms with E-state index >= 15 is 0 Å². The van der Waals surface area contributed by atoms with Crippen LogP contribution in [0.5, 0.6) is 0 Å². The second-order valence-corrected chi connectivity index (χ2v) is 14.8. The molecule has 4 amide bonds. The van der Waals surface area contributed by atoms with Gasteiger partial charge < -0.3 is 32.5 Å². The van der Waals surface area contributed by atoms with Gasteiger partial charge in [-0.25, -0.2) is 10.2 Å². The summed E-state index contributed by atoms with van der Waals surface area (Å²) in [5.41, 5.74) is 19.1. The highest BCUT2D eigenvalue weighted by atomic mass is 16.4.